The van der Waals surface area contributed by atoms with Crippen molar-refractivity contribution in [3.05, 3.63) is 42.0 Å². The Balaban J connectivity index is 1.52. The van der Waals surface area contributed by atoms with Gasteiger partial charge in [-0.05, 0) is 32.9 Å². The highest BCUT2D eigenvalue weighted by molar-refractivity contribution is 5.98. The second-order valence-corrected chi connectivity index (χ2v) is 7.05. The molecule has 4 heterocycles. The van der Waals surface area contributed by atoms with Crippen LogP contribution in [0.1, 0.15) is 35.9 Å². The molecular formula is C19H23N7O. The molecule has 3 aromatic rings. The molecule has 8 nitrogen and oxygen atoms in total. The van der Waals surface area contributed by atoms with E-state index in [1.807, 2.05) is 22.6 Å². The van der Waals surface area contributed by atoms with E-state index < -0.39 is 0 Å². The summed E-state index contributed by atoms with van der Waals surface area (Å²) in [5, 5.41) is 5.30. The summed E-state index contributed by atoms with van der Waals surface area (Å²) in [6.07, 6.45) is 5.26. The van der Waals surface area contributed by atoms with Crippen molar-refractivity contribution in [2.75, 3.05) is 31.1 Å². The molecule has 27 heavy (non-hydrogen) atoms. The van der Waals surface area contributed by atoms with Crippen molar-refractivity contribution in [1.82, 2.24) is 29.6 Å². The number of pyridine rings is 1. The molecule has 4 rings (SSSR count). The molecule has 1 fully saturated rings. The van der Waals surface area contributed by atoms with E-state index in [0.717, 1.165) is 29.8 Å². The van der Waals surface area contributed by atoms with Crippen molar-refractivity contribution in [2.24, 2.45) is 0 Å². The van der Waals surface area contributed by atoms with Gasteiger partial charge in [0, 0.05) is 50.0 Å². The minimum Gasteiger partial charge on any atom is -0.337 e. The fraction of sp³-hybridized carbons (Fsp3) is 0.421. The van der Waals surface area contributed by atoms with Gasteiger partial charge in [-0.15, -0.1) is 0 Å². The number of aromatic nitrogens is 5. The maximum Gasteiger partial charge on any atom is 0.255 e. The number of hydrogen-bond acceptors (Lipinski definition) is 6. The third kappa shape index (κ3) is 3.22. The van der Waals surface area contributed by atoms with E-state index in [9.17, 15) is 4.79 Å². The first-order chi connectivity index (χ1) is 13.0. The van der Waals surface area contributed by atoms with Crippen LogP contribution in [0.4, 0.5) is 5.95 Å². The third-order valence-electron chi connectivity index (χ3n) is 4.88. The maximum atomic E-state index is 13.1. The zero-order valence-electron chi connectivity index (χ0n) is 15.8. The van der Waals surface area contributed by atoms with Gasteiger partial charge in [0.25, 0.3) is 5.91 Å². The van der Waals surface area contributed by atoms with E-state index in [2.05, 4.69) is 38.8 Å². The van der Waals surface area contributed by atoms with Gasteiger partial charge in [0.15, 0.2) is 5.65 Å². The van der Waals surface area contributed by atoms with Crippen molar-refractivity contribution in [3.8, 4) is 0 Å². The number of anilines is 1. The van der Waals surface area contributed by atoms with Crippen LogP contribution >= 0.6 is 0 Å². The SMILES string of the molecule is Cc1nc2c(cnn2C(C)C)cc1C(=O)N1CCN(c2ncccn2)CC1. The summed E-state index contributed by atoms with van der Waals surface area (Å²) < 4.78 is 1.88. The lowest BCUT2D eigenvalue weighted by Gasteiger charge is -2.34. The monoisotopic (exact) mass is 365 g/mol. The molecular weight excluding hydrogens is 342 g/mol. The molecule has 1 amide bonds. The van der Waals surface area contributed by atoms with Gasteiger partial charge in [0.2, 0.25) is 5.95 Å². The summed E-state index contributed by atoms with van der Waals surface area (Å²) >= 11 is 0. The smallest absolute Gasteiger partial charge is 0.255 e. The Morgan fingerprint density at radius 3 is 2.48 bits per heavy atom. The molecule has 140 valence electrons. The molecule has 0 aromatic carbocycles. The van der Waals surface area contributed by atoms with Gasteiger partial charge in [-0.3, -0.25) is 4.79 Å². The first kappa shape index (κ1) is 17.4. The number of piperazine rings is 1. The number of carbonyl (C=O) groups excluding carboxylic acids is 1. The molecule has 1 aliphatic heterocycles. The normalized spacial score (nSPS) is 15.0. The fourth-order valence-electron chi connectivity index (χ4n) is 3.39. The number of aryl methyl sites for hydroxylation is 1. The molecule has 1 aliphatic rings. The lowest BCUT2D eigenvalue weighted by Crippen LogP contribution is -2.49. The van der Waals surface area contributed by atoms with Gasteiger partial charge < -0.3 is 9.80 Å². The van der Waals surface area contributed by atoms with E-state index in [-0.39, 0.29) is 11.9 Å². The Bertz CT molecular complexity index is 959. The van der Waals surface area contributed by atoms with Crippen LogP contribution in [0, 0.1) is 6.92 Å². The van der Waals surface area contributed by atoms with Crippen LogP contribution in [-0.4, -0.2) is 61.7 Å². The molecule has 0 N–H and O–H groups in total. The van der Waals surface area contributed by atoms with Crippen LogP contribution in [0.15, 0.2) is 30.7 Å². The van der Waals surface area contributed by atoms with E-state index >= 15 is 0 Å². The zero-order chi connectivity index (χ0) is 19.0. The van der Waals surface area contributed by atoms with Gasteiger partial charge in [-0.2, -0.15) is 5.10 Å². The van der Waals surface area contributed by atoms with Crippen LogP contribution < -0.4 is 4.90 Å². The van der Waals surface area contributed by atoms with E-state index in [1.54, 1.807) is 24.7 Å². The first-order valence-corrected chi connectivity index (χ1v) is 9.20. The Morgan fingerprint density at radius 1 is 1.11 bits per heavy atom. The quantitative estimate of drug-likeness (QED) is 0.707. The van der Waals surface area contributed by atoms with Gasteiger partial charge in [0.05, 0.1) is 17.5 Å². The standard InChI is InChI=1S/C19H23N7O/c1-13(2)26-17-15(12-22-26)11-16(14(3)23-17)18(27)24-7-9-25(10-8-24)19-20-5-4-6-21-19/h4-6,11-13H,7-10H2,1-3H3. The Labute approximate surface area is 157 Å². The highest BCUT2D eigenvalue weighted by atomic mass is 16.2. The van der Waals surface area contributed by atoms with Gasteiger partial charge >= 0.3 is 0 Å². The predicted octanol–water partition coefficient (Wildman–Crippen LogP) is 2.07. The van der Waals surface area contributed by atoms with Crippen LogP contribution in [0.3, 0.4) is 0 Å². The highest BCUT2D eigenvalue weighted by Gasteiger charge is 2.25. The highest BCUT2D eigenvalue weighted by Crippen LogP contribution is 2.21. The zero-order valence-corrected chi connectivity index (χ0v) is 15.8. The van der Waals surface area contributed by atoms with Gasteiger partial charge in [0.1, 0.15) is 0 Å². The average Bonchev–Trinajstić information content (AvgIpc) is 3.10. The number of hydrogen-bond donors (Lipinski definition) is 0. The number of carbonyl (C=O) groups is 1. The molecule has 1 saturated heterocycles. The van der Waals surface area contributed by atoms with Crippen molar-refractivity contribution in [1.29, 1.82) is 0 Å². The number of nitrogens with zero attached hydrogens (tertiary/aromatic N) is 7. The topological polar surface area (TPSA) is 80.0 Å². The van der Waals surface area contributed by atoms with Crippen LogP contribution in [0.5, 0.6) is 0 Å². The first-order valence-electron chi connectivity index (χ1n) is 9.20. The summed E-state index contributed by atoms with van der Waals surface area (Å²) in [5.74, 6) is 0.734. The second-order valence-electron chi connectivity index (χ2n) is 7.05. The molecule has 0 unspecified atom stereocenters. The summed E-state index contributed by atoms with van der Waals surface area (Å²) in [6.45, 7) is 8.74. The Kier molecular flexibility index (Phi) is 4.47. The summed E-state index contributed by atoms with van der Waals surface area (Å²) in [4.78, 5) is 30.3. The lowest BCUT2D eigenvalue weighted by atomic mass is 10.1. The average molecular weight is 365 g/mol. The van der Waals surface area contributed by atoms with E-state index in [1.165, 1.54) is 0 Å². The molecule has 8 heteroatoms. The van der Waals surface area contributed by atoms with Gasteiger partial charge in [-0.1, -0.05) is 0 Å². The molecule has 0 aliphatic carbocycles. The number of rotatable bonds is 3. The molecule has 3 aromatic heterocycles. The Hall–Kier alpha value is -3.03. The summed E-state index contributed by atoms with van der Waals surface area (Å²) in [5.41, 5.74) is 2.21. The molecule has 0 saturated carbocycles. The van der Waals surface area contributed by atoms with Crippen molar-refractivity contribution in [3.63, 3.8) is 0 Å². The number of amides is 1. The summed E-state index contributed by atoms with van der Waals surface area (Å²) in [6, 6.07) is 3.94. The molecule has 0 atom stereocenters. The maximum absolute atomic E-state index is 13.1. The van der Waals surface area contributed by atoms with Crippen LogP contribution in [0.2, 0.25) is 0 Å². The van der Waals surface area contributed by atoms with E-state index in [0.29, 0.717) is 24.6 Å². The van der Waals surface area contributed by atoms with Crippen molar-refractivity contribution in [2.45, 2.75) is 26.8 Å². The molecule has 0 spiro atoms. The number of fused-ring (bicyclic) bond motifs is 1. The molecule has 0 radical (unpaired) electrons. The lowest BCUT2D eigenvalue weighted by molar-refractivity contribution is 0.0745. The largest absolute Gasteiger partial charge is 0.337 e. The second kappa shape index (κ2) is 6.94. The van der Waals surface area contributed by atoms with Crippen molar-refractivity contribution < 1.29 is 4.79 Å². The summed E-state index contributed by atoms with van der Waals surface area (Å²) in [7, 11) is 0. The van der Waals surface area contributed by atoms with Crippen molar-refractivity contribution >= 4 is 22.9 Å². The fourth-order valence-corrected chi connectivity index (χ4v) is 3.39. The Morgan fingerprint density at radius 2 is 1.81 bits per heavy atom. The van der Waals surface area contributed by atoms with E-state index in [4.69, 9.17) is 0 Å². The minimum atomic E-state index is 0.0211. The molecule has 0 bridgehead atoms. The van der Waals surface area contributed by atoms with Crippen LogP contribution in [-0.2, 0) is 0 Å². The van der Waals surface area contributed by atoms with Crippen LogP contribution in [0.25, 0.3) is 11.0 Å². The third-order valence-corrected chi connectivity index (χ3v) is 4.88. The minimum absolute atomic E-state index is 0.0211. The predicted molar refractivity (Wildman–Crippen MR) is 103 cm³/mol. The van der Waals surface area contributed by atoms with Gasteiger partial charge in [-0.25, -0.2) is 19.6 Å².